The summed E-state index contributed by atoms with van der Waals surface area (Å²) < 4.78 is 5.11. The molecule has 0 aromatic carbocycles. The third-order valence-corrected chi connectivity index (χ3v) is 2.75. The molecular weight excluding hydrogens is 230 g/mol. The van der Waals surface area contributed by atoms with Crippen molar-refractivity contribution in [3.63, 3.8) is 0 Å². The average molecular weight is 245 g/mol. The summed E-state index contributed by atoms with van der Waals surface area (Å²) >= 11 is 0. The standard InChI is InChI=1S/C13H15N3O2/c1-3-11(17)9(2)13-15-12(16-18-13)8-10-6-4-5-7-14-10/h4-7,9H,3,8H2,1-2H3. The predicted octanol–water partition coefficient (Wildman–Crippen LogP) is 2.14. The maximum atomic E-state index is 11.5. The van der Waals surface area contributed by atoms with Gasteiger partial charge in [0.1, 0.15) is 5.78 Å². The molecule has 2 aromatic rings. The van der Waals surface area contributed by atoms with Crippen LogP contribution in [0.1, 0.15) is 43.6 Å². The van der Waals surface area contributed by atoms with Gasteiger partial charge in [0.25, 0.3) is 0 Å². The highest BCUT2D eigenvalue weighted by atomic mass is 16.5. The third kappa shape index (κ3) is 2.80. The molecule has 5 heteroatoms. The van der Waals surface area contributed by atoms with Crippen molar-refractivity contribution >= 4 is 5.78 Å². The lowest BCUT2D eigenvalue weighted by Crippen LogP contribution is -2.07. The van der Waals surface area contributed by atoms with Crippen molar-refractivity contribution in [2.45, 2.75) is 32.6 Å². The summed E-state index contributed by atoms with van der Waals surface area (Å²) in [7, 11) is 0. The average Bonchev–Trinajstić information content (AvgIpc) is 2.86. The quantitative estimate of drug-likeness (QED) is 0.807. The zero-order valence-corrected chi connectivity index (χ0v) is 10.5. The van der Waals surface area contributed by atoms with Crippen LogP contribution in [-0.2, 0) is 11.2 Å². The smallest absolute Gasteiger partial charge is 0.236 e. The van der Waals surface area contributed by atoms with Gasteiger partial charge in [0.05, 0.1) is 12.3 Å². The molecule has 0 saturated carbocycles. The number of rotatable bonds is 5. The number of carbonyl (C=O) groups excluding carboxylic acids is 1. The van der Waals surface area contributed by atoms with E-state index in [4.69, 9.17) is 4.52 Å². The molecule has 1 atom stereocenters. The van der Waals surface area contributed by atoms with Crippen LogP contribution >= 0.6 is 0 Å². The summed E-state index contributed by atoms with van der Waals surface area (Å²) in [5, 5.41) is 3.87. The van der Waals surface area contributed by atoms with E-state index in [0.717, 1.165) is 5.69 Å². The fourth-order valence-electron chi connectivity index (χ4n) is 1.62. The Bertz CT molecular complexity index is 522. The van der Waals surface area contributed by atoms with Gasteiger partial charge in [-0.15, -0.1) is 0 Å². The number of nitrogens with zero attached hydrogens (tertiary/aromatic N) is 3. The molecule has 1 unspecified atom stereocenters. The highest BCUT2D eigenvalue weighted by Crippen LogP contribution is 2.16. The number of ketones is 1. The van der Waals surface area contributed by atoms with Gasteiger partial charge in [-0.3, -0.25) is 9.78 Å². The minimum absolute atomic E-state index is 0.100. The number of carbonyl (C=O) groups is 1. The second-order valence-electron chi connectivity index (χ2n) is 4.09. The van der Waals surface area contributed by atoms with E-state index in [1.54, 1.807) is 13.1 Å². The first-order valence-corrected chi connectivity index (χ1v) is 5.95. The lowest BCUT2D eigenvalue weighted by atomic mass is 10.1. The van der Waals surface area contributed by atoms with Gasteiger partial charge >= 0.3 is 0 Å². The molecule has 18 heavy (non-hydrogen) atoms. The highest BCUT2D eigenvalue weighted by molar-refractivity contribution is 5.83. The molecule has 5 nitrogen and oxygen atoms in total. The van der Waals surface area contributed by atoms with Gasteiger partial charge in [0.15, 0.2) is 5.82 Å². The Balaban J connectivity index is 2.09. The normalized spacial score (nSPS) is 12.3. The van der Waals surface area contributed by atoms with Crippen LogP contribution in [0.15, 0.2) is 28.9 Å². The van der Waals surface area contributed by atoms with E-state index in [0.29, 0.717) is 24.6 Å². The van der Waals surface area contributed by atoms with E-state index < -0.39 is 0 Å². The molecule has 0 amide bonds. The van der Waals surface area contributed by atoms with E-state index in [-0.39, 0.29) is 11.7 Å². The van der Waals surface area contributed by atoms with E-state index >= 15 is 0 Å². The Hall–Kier alpha value is -2.04. The summed E-state index contributed by atoms with van der Waals surface area (Å²) in [5.74, 6) is 0.704. The van der Waals surface area contributed by atoms with E-state index in [1.165, 1.54) is 0 Å². The zero-order valence-electron chi connectivity index (χ0n) is 10.5. The first kappa shape index (κ1) is 12.4. The van der Waals surface area contributed by atoms with Gasteiger partial charge in [0, 0.05) is 18.3 Å². The topological polar surface area (TPSA) is 68.9 Å². The number of Topliss-reactive ketones (excluding diaryl/α,β-unsaturated/α-hetero) is 1. The van der Waals surface area contributed by atoms with Crippen LogP contribution in [0.25, 0.3) is 0 Å². The summed E-state index contributed by atoms with van der Waals surface area (Å²) in [6.45, 7) is 3.61. The molecule has 94 valence electrons. The fourth-order valence-corrected chi connectivity index (χ4v) is 1.62. The van der Waals surface area contributed by atoms with Gasteiger partial charge in [-0.1, -0.05) is 18.1 Å². The first-order valence-electron chi connectivity index (χ1n) is 5.95. The largest absolute Gasteiger partial charge is 0.339 e. The molecule has 0 saturated heterocycles. The lowest BCUT2D eigenvalue weighted by Gasteiger charge is -2.01. The van der Waals surface area contributed by atoms with Crippen LogP contribution in [0.2, 0.25) is 0 Å². The van der Waals surface area contributed by atoms with Crippen molar-refractivity contribution in [3.05, 3.63) is 41.8 Å². The highest BCUT2D eigenvalue weighted by Gasteiger charge is 2.20. The monoisotopic (exact) mass is 245 g/mol. The summed E-state index contributed by atoms with van der Waals surface area (Å²) in [6.07, 6.45) is 2.70. The Kier molecular flexibility index (Phi) is 3.82. The van der Waals surface area contributed by atoms with Crippen LogP contribution in [0.4, 0.5) is 0 Å². The van der Waals surface area contributed by atoms with Crippen molar-refractivity contribution < 1.29 is 9.32 Å². The van der Waals surface area contributed by atoms with E-state index in [9.17, 15) is 4.79 Å². The molecule has 2 heterocycles. The predicted molar refractivity (Wildman–Crippen MR) is 65.1 cm³/mol. The molecule has 0 bridgehead atoms. The fraction of sp³-hybridized carbons (Fsp3) is 0.385. The van der Waals surface area contributed by atoms with Crippen molar-refractivity contribution in [1.29, 1.82) is 0 Å². The molecular formula is C13H15N3O2. The van der Waals surface area contributed by atoms with Gasteiger partial charge < -0.3 is 4.52 Å². The number of aromatic nitrogens is 3. The van der Waals surface area contributed by atoms with Crippen molar-refractivity contribution in [2.75, 3.05) is 0 Å². The maximum Gasteiger partial charge on any atom is 0.236 e. The Morgan fingerprint density at radius 1 is 1.44 bits per heavy atom. The SMILES string of the molecule is CCC(=O)C(C)c1nc(Cc2ccccn2)no1. The number of hydrogen-bond donors (Lipinski definition) is 0. The van der Waals surface area contributed by atoms with Crippen molar-refractivity contribution in [3.8, 4) is 0 Å². The van der Waals surface area contributed by atoms with Crippen LogP contribution in [-0.4, -0.2) is 20.9 Å². The van der Waals surface area contributed by atoms with Crippen LogP contribution in [0.3, 0.4) is 0 Å². The van der Waals surface area contributed by atoms with Gasteiger partial charge in [-0.2, -0.15) is 4.98 Å². The number of pyridine rings is 1. The summed E-state index contributed by atoms with van der Waals surface area (Å²) in [4.78, 5) is 20.0. The molecule has 0 aliphatic carbocycles. The Morgan fingerprint density at radius 2 is 2.28 bits per heavy atom. The minimum Gasteiger partial charge on any atom is -0.339 e. The summed E-state index contributed by atoms with van der Waals surface area (Å²) in [6, 6.07) is 5.66. The van der Waals surface area contributed by atoms with Crippen molar-refractivity contribution in [2.24, 2.45) is 0 Å². The van der Waals surface area contributed by atoms with E-state index in [1.807, 2.05) is 25.1 Å². The van der Waals surface area contributed by atoms with Crippen LogP contribution in [0.5, 0.6) is 0 Å². The maximum absolute atomic E-state index is 11.5. The first-order chi connectivity index (χ1) is 8.70. The second kappa shape index (κ2) is 5.53. The van der Waals surface area contributed by atoms with E-state index in [2.05, 4.69) is 15.1 Å². The molecule has 0 spiro atoms. The van der Waals surface area contributed by atoms with Gasteiger partial charge in [-0.25, -0.2) is 0 Å². The lowest BCUT2D eigenvalue weighted by molar-refractivity contribution is -0.120. The Morgan fingerprint density at radius 3 is 2.94 bits per heavy atom. The molecule has 2 rings (SSSR count). The second-order valence-corrected chi connectivity index (χ2v) is 4.09. The van der Waals surface area contributed by atoms with Crippen molar-refractivity contribution in [1.82, 2.24) is 15.1 Å². The Labute approximate surface area is 105 Å². The minimum atomic E-state index is -0.333. The molecule has 0 aliphatic heterocycles. The summed E-state index contributed by atoms with van der Waals surface area (Å²) in [5.41, 5.74) is 0.874. The van der Waals surface area contributed by atoms with Crippen LogP contribution in [0, 0.1) is 0 Å². The third-order valence-electron chi connectivity index (χ3n) is 2.75. The molecule has 2 aromatic heterocycles. The van der Waals surface area contributed by atoms with Gasteiger partial charge in [-0.05, 0) is 19.1 Å². The zero-order chi connectivity index (χ0) is 13.0. The molecule has 0 N–H and O–H groups in total. The van der Waals surface area contributed by atoms with Crippen LogP contribution < -0.4 is 0 Å². The molecule has 0 fully saturated rings. The van der Waals surface area contributed by atoms with Gasteiger partial charge in [0.2, 0.25) is 5.89 Å². The molecule has 0 aliphatic rings. The number of hydrogen-bond acceptors (Lipinski definition) is 5. The molecule has 0 radical (unpaired) electrons.